The normalized spacial score (nSPS) is 10.0. The maximum atomic E-state index is 11.9. The maximum Gasteiger partial charge on any atom is 0.309 e. The highest BCUT2D eigenvalue weighted by Gasteiger charge is 2.12. The van der Waals surface area contributed by atoms with Crippen LogP contribution in [0.2, 0.25) is 0 Å². The first-order valence-corrected chi connectivity index (χ1v) is 7.83. The van der Waals surface area contributed by atoms with Gasteiger partial charge in [0.1, 0.15) is 10.8 Å². The van der Waals surface area contributed by atoms with Crippen molar-refractivity contribution in [2.45, 2.75) is 6.42 Å². The molecule has 1 aromatic carbocycles. The fourth-order valence-electron chi connectivity index (χ4n) is 1.85. The molecule has 0 atom stereocenters. The maximum absolute atomic E-state index is 11.9. The van der Waals surface area contributed by atoms with Gasteiger partial charge in [-0.2, -0.15) is 0 Å². The van der Waals surface area contributed by atoms with Crippen LogP contribution >= 0.6 is 11.3 Å². The molecule has 126 valence electrons. The molecule has 2 aromatic rings. The van der Waals surface area contributed by atoms with Gasteiger partial charge in [-0.15, -0.1) is 11.3 Å². The highest BCUT2D eigenvalue weighted by Crippen LogP contribution is 2.22. The molecule has 1 aromatic heterocycles. The molecule has 0 radical (unpaired) electrons. The number of benzene rings is 1. The number of carbonyl (C=O) groups excluding carboxylic acids is 3. The van der Waals surface area contributed by atoms with Crippen molar-refractivity contribution in [3.8, 4) is 5.75 Å². The zero-order valence-corrected chi connectivity index (χ0v) is 13.7. The summed E-state index contributed by atoms with van der Waals surface area (Å²) in [5.41, 5.74) is 6.26. The van der Waals surface area contributed by atoms with Crippen molar-refractivity contribution in [1.29, 1.82) is 0 Å². The molecule has 0 saturated heterocycles. The number of primary amides is 1. The Labute approximate surface area is 142 Å². The summed E-state index contributed by atoms with van der Waals surface area (Å²) in [5, 5.41) is 4.64. The smallest absolute Gasteiger partial charge is 0.309 e. The number of anilines is 1. The Morgan fingerprint density at radius 2 is 1.88 bits per heavy atom. The Bertz CT molecular complexity index is 739. The van der Waals surface area contributed by atoms with E-state index in [1.165, 1.54) is 18.4 Å². The van der Waals surface area contributed by atoms with Crippen molar-refractivity contribution in [3.05, 3.63) is 46.8 Å². The van der Waals surface area contributed by atoms with Gasteiger partial charge in [0.2, 0.25) is 0 Å². The van der Waals surface area contributed by atoms with E-state index in [4.69, 9.17) is 10.5 Å². The lowest BCUT2D eigenvalue weighted by molar-refractivity contribution is -0.139. The van der Waals surface area contributed by atoms with Gasteiger partial charge in [-0.3, -0.25) is 14.4 Å². The van der Waals surface area contributed by atoms with Crippen LogP contribution in [0.15, 0.2) is 35.7 Å². The van der Waals surface area contributed by atoms with E-state index in [1.807, 2.05) is 0 Å². The molecule has 7 nitrogen and oxygen atoms in total. The van der Waals surface area contributed by atoms with Crippen LogP contribution in [-0.2, 0) is 20.7 Å². The monoisotopic (exact) mass is 348 g/mol. The van der Waals surface area contributed by atoms with Crippen molar-refractivity contribution in [3.63, 3.8) is 0 Å². The summed E-state index contributed by atoms with van der Waals surface area (Å²) in [4.78, 5) is 34.2. The first-order chi connectivity index (χ1) is 11.5. The first-order valence-electron chi connectivity index (χ1n) is 6.95. The number of hydrogen-bond donors (Lipinski definition) is 2. The van der Waals surface area contributed by atoms with Crippen LogP contribution in [0.3, 0.4) is 0 Å². The van der Waals surface area contributed by atoms with Crippen molar-refractivity contribution in [1.82, 2.24) is 0 Å². The number of carbonyl (C=O) groups is 3. The van der Waals surface area contributed by atoms with Gasteiger partial charge in [-0.25, -0.2) is 0 Å². The summed E-state index contributed by atoms with van der Waals surface area (Å²) < 4.78 is 9.95. The minimum Gasteiger partial charge on any atom is -0.484 e. The molecule has 2 rings (SSSR count). The Hall–Kier alpha value is -2.87. The third kappa shape index (κ3) is 4.82. The van der Waals surface area contributed by atoms with Crippen molar-refractivity contribution < 1.29 is 23.9 Å². The van der Waals surface area contributed by atoms with Gasteiger partial charge in [0, 0.05) is 0 Å². The fourth-order valence-corrected chi connectivity index (χ4v) is 2.66. The molecule has 8 heteroatoms. The second-order valence-electron chi connectivity index (χ2n) is 4.76. The highest BCUT2D eigenvalue weighted by atomic mass is 32.1. The minimum atomic E-state index is -0.603. The predicted octanol–water partition coefficient (Wildman–Crippen LogP) is 1.58. The third-order valence-corrected chi connectivity index (χ3v) is 3.88. The average molecular weight is 348 g/mol. The molecular weight excluding hydrogens is 332 g/mol. The van der Waals surface area contributed by atoms with Crippen LogP contribution in [0, 0.1) is 0 Å². The van der Waals surface area contributed by atoms with Gasteiger partial charge in [0.05, 0.1) is 19.1 Å². The van der Waals surface area contributed by atoms with E-state index in [0.717, 1.165) is 5.56 Å². The van der Waals surface area contributed by atoms with Gasteiger partial charge in [-0.1, -0.05) is 12.1 Å². The summed E-state index contributed by atoms with van der Waals surface area (Å²) in [5.74, 6) is -0.850. The number of rotatable bonds is 7. The summed E-state index contributed by atoms with van der Waals surface area (Å²) in [6.07, 6.45) is 0.172. The van der Waals surface area contributed by atoms with E-state index in [-0.39, 0.29) is 24.6 Å². The fraction of sp³-hybridized carbons (Fsp3) is 0.188. The predicted molar refractivity (Wildman–Crippen MR) is 89.1 cm³/mol. The standard InChI is InChI=1S/C16H16N2O5S/c1-22-14(20)8-10-2-4-11(5-3-10)23-9-13(19)18-16-12(15(17)21)6-7-24-16/h2-7H,8-9H2,1H3,(H2,17,21)(H,18,19). The third-order valence-electron chi connectivity index (χ3n) is 3.05. The molecule has 0 fully saturated rings. The molecule has 0 saturated carbocycles. The lowest BCUT2D eigenvalue weighted by atomic mass is 10.1. The molecule has 0 unspecified atom stereocenters. The molecule has 3 N–H and O–H groups in total. The number of nitrogens with one attached hydrogen (secondary N) is 1. The van der Waals surface area contributed by atoms with Crippen LogP contribution in [0.1, 0.15) is 15.9 Å². The van der Waals surface area contributed by atoms with Gasteiger partial charge in [0.25, 0.3) is 11.8 Å². The Morgan fingerprint density at radius 3 is 2.50 bits per heavy atom. The summed E-state index contributed by atoms with van der Waals surface area (Å²) >= 11 is 1.21. The van der Waals surface area contributed by atoms with Crippen LogP contribution in [-0.4, -0.2) is 31.5 Å². The number of nitrogens with two attached hydrogens (primary N) is 1. The number of methoxy groups -OCH3 is 1. The SMILES string of the molecule is COC(=O)Cc1ccc(OCC(=O)Nc2sccc2C(N)=O)cc1. The van der Waals surface area contributed by atoms with Crippen LogP contribution in [0.4, 0.5) is 5.00 Å². The van der Waals surface area contributed by atoms with Gasteiger partial charge in [-0.05, 0) is 29.1 Å². The van der Waals surface area contributed by atoms with Crippen molar-refractivity contribution >= 4 is 34.1 Å². The number of hydrogen-bond acceptors (Lipinski definition) is 6. The summed E-state index contributed by atoms with van der Waals surface area (Å²) in [6.45, 7) is -0.216. The molecule has 0 aliphatic carbocycles. The van der Waals surface area contributed by atoms with E-state index in [1.54, 1.807) is 35.7 Å². The molecule has 0 aliphatic heterocycles. The van der Waals surface area contributed by atoms with E-state index < -0.39 is 11.8 Å². The highest BCUT2D eigenvalue weighted by molar-refractivity contribution is 7.14. The van der Waals surface area contributed by atoms with Crippen LogP contribution in [0.5, 0.6) is 5.75 Å². The van der Waals surface area contributed by atoms with Crippen LogP contribution < -0.4 is 15.8 Å². The zero-order chi connectivity index (χ0) is 17.5. The van der Waals surface area contributed by atoms with Crippen LogP contribution in [0.25, 0.3) is 0 Å². The van der Waals surface area contributed by atoms with E-state index in [0.29, 0.717) is 10.8 Å². The molecule has 2 amide bonds. The number of esters is 1. The van der Waals surface area contributed by atoms with E-state index in [9.17, 15) is 14.4 Å². The quantitative estimate of drug-likeness (QED) is 0.739. The largest absolute Gasteiger partial charge is 0.484 e. The molecule has 0 spiro atoms. The molecule has 0 aliphatic rings. The zero-order valence-electron chi connectivity index (χ0n) is 12.9. The Balaban J connectivity index is 1.86. The number of ether oxygens (including phenoxy) is 2. The lowest BCUT2D eigenvalue weighted by Gasteiger charge is -2.08. The molecule has 0 bridgehead atoms. The topological polar surface area (TPSA) is 108 Å². The number of thiophene rings is 1. The molecular formula is C16H16N2O5S. The van der Waals surface area contributed by atoms with E-state index in [2.05, 4.69) is 10.1 Å². The Kier molecular flexibility index (Phi) is 5.91. The Morgan fingerprint density at radius 1 is 1.17 bits per heavy atom. The first kappa shape index (κ1) is 17.5. The summed E-state index contributed by atoms with van der Waals surface area (Å²) in [7, 11) is 1.33. The molecule has 1 heterocycles. The second kappa shape index (κ2) is 8.11. The average Bonchev–Trinajstić information content (AvgIpc) is 3.02. The second-order valence-corrected chi connectivity index (χ2v) is 5.68. The van der Waals surface area contributed by atoms with E-state index >= 15 is 0 Å². The van der Waals surface area contributed by atoms with Gasteiger partial charge >= 0.3 is 5.97 Å². The number of amides is 2. The summed E-state index contributed by atoms with van der Waals surface area (Å²) in [6, 6.07) is 8.30. The van der Waals surface area contributed by atoms with Gasteiger partial charge in [0.15, 0.2) is 6.61 Å². The van der Waals surface area contributed by atoms with Crippen molar-refractivity contribution in [2.75, 3.05) is 19.0 Å². The van der Waals surface area contributed by atoms with Gasteiger partial charge < -0.3 is 20.5 Å². The van der Waals surface area contributed by atoms with Crippen molar-refractivity contribution in [2.24, 2.45) is 5.73 Å². The lowest BCUT2D eigenvalue weighted by Crippen LogP contribution is -2.21. The molecule has 24 heavy (non-hydrogen) atoms. The minimum absolute atomic E-state index is 0.172.